The molecule has 0 aliphatic heterocycles. The predicted octanol–water partition coefficient (Wildman–Crippen LogP) is 2.90. The summed E-state index contributed by atoms with van der Waals surface area (Å²) in [6.07, 6.45) is 1.67. The van der Waals surface area contributed by atoms with Gasteiger partial charge in [0.15, 0.2) is 0 Å². The molecule has 0 amide bonds. The SMILES string of the molecule is O=C(Cn1nc(-c2ccc(F)cc2)oc1=O)OCc1csc(-c2ccccn2)n1. The van der Waals surface area contributed by atoms with E-state index in [-0.39, 0.29) is 12.5 Å². The van der Waals surface area contributed by atoms with Gasteiger partial charge in [-0.05, 0) is 36.4 Å². The Balaban J connectivity index is 1.37. The lowest BCUT2D eigenvalue weighted by Gasteiger charge is -2.01. The molecule has 0 fully saturated rings. The van der Waals surface area contributed by atoms with Gasteiger partial charge in [-0.3, -0.25) is 9.78 Å². The normalized spacial score (nSPS) is 10.8. The van der Waals surface area contributed by atoms with Crippen LogP contribution in [0.5, 0.6) is 0 Å². The molecule has 0 saturated heterocycles. The average Bonchev–Trinajstić information content (AvgIpc) is 3.35. The number of halogens is 1. The van der Waals surface area contributed by atoms with E-state index >= 15 is 0 Å². The molecule has 0 N–H and O–H groups in total. The molecule has 29 heavy (non-hydrogen) atoms. The Morgan fingerprint density at radius 3 is 2.79 bits per heavy atom. The summed E-state index contributed by atoms with van der Waals surface area (Å²) in [5.74, 6) is -1.92. The molecule has 0 unspecified atom stereocenters. The third-order valence-corrected chi connectivity index (χ3v) is 4.71. The van der Waals surface area contributed by atoms with Gasteiger partial charge in [0.25, 0.3) is 0 Å². The fourth-order valence-electron chi connectivity index (χ4n) is 2.42. The zero-order chi connectivity index (χ0) is 20.2. The van der Waals surface area contributed by atoms with Gasteiger partial charge in [0.05, 0.1) is 11.4 Å². The topological polar surface area (TPSA) is 100 Å². The van der Waals surface area contributed by atoms with Gasteiger partial charge in [-0.2, -0.15) is 4.68 Å². The summed E-state index contributed by atoms with van der Waals surface area (Å²) in [7, 11) is 0. The van der Waals surface area contributed by atoms with Crippen molar-refractivity contribution in [3.8, 4) is 22.2 Å². The number of hydrogen-bond acceptors (Lipinski definition) is 8. The number of pyridine rings is 1. The Kier molecular flexibility index (Phi) is 5.25. The largest absolute Gasteiger partial charge is 0.458 e. The number of carbonyl (C=O) groups excluding carboxylic acids is 1. The molecular formula is C19H13FN4O4S. The van der Waals surface area contributed by atoms with Gasteiger partial charge >= 0.3 is 11.7 Å². The zero-order valence-corrected chi connectivity index (χ0v) is 15.6. The van der Waals surface area contributed by atoms with Crippen molar-refractivity contribution in [1.29, 1.82) is 0 Å². The van der Waals surface area contributed by atoms with E-state index in [9.17, 15) is 14.0 Å². The molecule has 3 aromatic heterocycles. The molecule has 3 heterocycles. The van der Waals surface area contributed by atoms with Crippen molar-refractivity contribution in [3.05, 3.63) is 76.1 Å². The molecule has 4 rings (SSSR count). The standard InChI is InChI=1S/C19H13FN4O4S/c20-13-6-4-12(5-7-13)17-23-24(19(26)28-17)9-16(25)27-10-14-11-29-18(22-14)15-3-1-2-8-21-15/h1-8,11H,9-10H2. The van der Waals surface area contributed by atoms with Crippen molar-refractivity contribution in [3.63, 3.8) is 0 Å². The van der Waals surface area contributed by atoms with E-state index in [0.717, 1.165) is 10.4 Å². The first-order valence-corrected chi connectivity index (χ1v) is 9.32. The van der Waals surface area contributed by atoms with E-state index in [1.54, 1.807) is 11.6 Å². The molecule has 0 radical (unpaired) electrons. The molecule has 0 saturated carbocycles. The highest BCUT2D eigenvalue weighted by molar-refractivity contribution is 7.13. The van der Waals surface area contributed by atoms with Crippen LogP contribution < -0.4 is 5.76 Å². The van der Waals surface area contributed by atoms with Crippen LogP contribution in [0.1, 0.15) is 5.69 Å². The minimum absolute atomic E-state index is 0.0118. The van der Waals surface area contributed by atoms with Crippen LogP contribution in [0, 0.1) is 5.82 Å². The van der Waals surface area contributed by atoms with Gasteiger partial charge in [0, 0.05) is 17.1 Å². The van der Waals surface area contributed by atoms with Crippen molar-refractivity contribution in [2.45, 2.75) is 13.2 Å². The van der Waals surface area contributed by atoms with Crippen LogP contribution >= 0.6 is 11.3 Å². The first kappa shape index (κ1) is 18.7. The van der Waals surface area contributed by atoms with Crippen LogP contribution in [0.15, 0.2) is 63.3 Å². The van der Waals surface area contributed by atoms with Gasteiger partial charge in [0.2, 0.25) is 5.89 Å². The molecule has 10 heteroatoms. The maximum atomic E-state index is 13.0. The molecule has 146 valence electrons. The molecule has 1 aromatic carbocycles. The molecule has 0 bridgehead atoms. The van der Waals surface area contributed by atoms with Crippen molar-refractivity contribution >= 4 is 17.3 Å². The number of rotatable bonds is 6. The highest BCUT2D eigenvalue weighted by Crippen LogP contribution is 2.21. The minimum atomic E-state index is -0.813. The number of nitrogens with zero attached hydrogens (tertiary/aromatic N) is 4. The lowest BCUT2D eigenvalue weighted by Crippen LogP contribution is -2.23. The molecule has 0 aliphatic rings. The van der Waals surface area contributed by atoms with Gasteiger partial charge in [0.1, 0.15) is 24.0 Å². The number of carbonyl (C=O) groups is 1. The van der Waals surface area contributed by atoms with Gasteiger partial charge in [-0.25, -0.2) is 14.2 Å². The predicted molar refractivity (Wildman–Crippen MR) is 101 cm³/mol. The van der Waals surface area contributed by atoms with E-state index in [4.69, 9.17) is 9.15 Å². The lowest BCUT2D eigenvalue weighted by atomic mass is 10.2. The maximum Gasteiger partial charge on any atom is 0.437 e. The third-order valence-electron chi connectivity index (χ3n) is 3.79. The lowest BCUT2D eigenvalue weighted by molar-refractivity contribution is -0.146. The Bertz CT molecular complexity index is 1180. The second kappa shape index (κ2) is 8.15. The van der Waals surface area contributed by atoms with Gasteiger partial charge in [-0.15, -0.1) is 16.4 Å². The molecule has 0 atom stereocenters. The molecule has 0 aliphatic carbocycles. The molecule has 4 aromatic rings. The van der Waals surface area contributed by atoms with Crippen LogP contribution in [-0.2, 0) is 22.7 Å². The van der Waals surface area contributed by atoms with E-state index < -0.39 is 24.1 Å². The fourth-order valence-corrected chi connectivity index (χ4v) is 3.20. The fraction of sp³-hybridized carbons (Fsp3) is 0.105. The molecule has 8 nitrogen and oxygen atoms in total. The summed E-state index contributed by atoms with van der Waals surface area (Å²) in [5, 5.41) is 6.43. The van der Waals surface area contributed by atoms with Crippen molar-refractivity contribution in [2.24, 2.45) is 0 Å². The summed E-state index contributed by atoms with van der Waals surface area (Å²) in [6, 6.07) is 10.8. The number of benzene rings is 1. The third kappa shape index (κ3) is 4.43. The Labute approximate surface area is 167 Å². The van der Waals surface area contributed by atoms with E-state index in [1.165, 1.54) is 35.6 Å². The maximum absolute atomic E-state index is 13.0. The zero-order valence-electron chi connectivity index (χ0n) is 14.8. The molecule has 0 spiro atoms. The number of thiazole rings is 1. The second-order valence-corrected chi connectivity index (χ2v) is 6.72. The van der Waals surface area contributed by atoms with Crippen molar-refractivity contribution in [2.75, 3.05) is 0 Å². The van der Waals surface area contributed by atoms with Crippen molar-refractivity contribution < 1.29 is 18.3 Å². The number of aromatic nitrogens is 4. The van der Waals surface area contributed by atoms with Crippen LogP contribution in [-0.4, -0.2) is 25.7 Å². The van der Waals surface area contributed by atoms with E-state index in [1.807, 2.05) is 18.2 Å². The van der Waals surface area contributed by atoms with Crippen LogP contribution in [0.2, 0.25) is 0 Å². The van der Waals surface area contributed by atoms with E-state index in [0.29, 0.717) is 16.3 Å². The number of esters is 1. The second-order valence-electron chi connectivity index (χ2n) is 5.86. The number of ether oxygens (including phenoxy) is 1. The minimum Gasteiger partial charge on any atom is -0.458 e. The van der Waals surface area contributed by atoms with Crippen molar-refractivity contribution in [1.82, 2.24) is 19.7 Å². The van der Waals surface area contributed by atoms with Gasteiger partial charge < -0.3 is 9.15 Å². The number of hydrogen-bond donors (Lipinski definition) is 0. The summed E-state index contributed by atoms with van der Waals surface area (Å²) < 4.78 is 24.0. The van der Waals surface area contributed by atoms with Crippen LogP contribution in [0.4, 0.5) is 4.39 Å². The Hall–Kier alpha value is -3.66. The summed E-state index contributed by atoms with van der Waals surface area (Å²) in [5.41, 5.74) is 1.72. The summed E-state index contributed by atoms with van der Waals surface area (Å²) in [6.45, 7) is -0.458. The first-order chi connectivity index (χ1) is 14.1. The van der Waals surface area contributed by atoms with Gasteiger partial charge in [-0.1, -0.05) is 6.07 Å². The van der Waals surface area contributed by atoms with Crippen LogP contribution in [0.3, 0.4) is 0 Å². The summed E-state index contributed by atoms with van der Waals surface area (Å²) >= 11 is 1.39. The Morgan fingerprint density at radius 1 is 1.21 bits per heavy atom. The van der Waals surface area contributed by atoms with E-state index in [2.05, 4.69) is 15.1 Å². The van der Waals surface area contributed by atoms with Crippen LogP contribution in [0.25, 0.3) is 22.2 Å². The summed E-state index contributed by atoms with van der Waals surface area (Å²) in [4.78, 5) is 32.5. The first-order valence-electron chi connectivity index (χ1n) is 8.44. The average molecular weight is 412 g/mol. The highest BCUT2D eigenvalue weighted by Gasteiger charge is 2.15. The molecular weight excluding hydrogens is 399 g/mol. The Morgan fingerprint density at radius 2 is 2.03 bits per heavy atom. The monoisotopic (exact) mass is 412 g/mol. The highest BCUT2D eigenvalue weighted by atomic mass is 32.1. The smallest absolute Gasteiger partial charge is 0.437 e. The quantitative estimate of drug-likeness (QED) is 0.449.